The lowest BCUT2D eigenvalue weighted by Crippen LogP contribution is -2.28. The summed E-state index contributed by atoms with van der Waals surface area (Å²) in [5.74, 6) is 4.62. The van der Waals surface area contributed by atoms with E-state index in [9.17, 15) is 14.7 Å². The van der Waals surface area contributed by atoms with Gasteiger partial charge in [-0.25, -0.2) is 4.79 Å². The lowest BCUT2D eigenvalue weighted by atomic mass is 9.96. The van der Waals surface area contributed by atoms with Crippen LogP contribution in [-0.2, 0) is 10.2 Å². The van der Waals surface area contributed by atoms with Gasteiger partial charge in [0, 0.05) is 5.69 Å². The van der Waals surface area contributed by atoms with E-state index in [0.29, 0.717) is 25.1 Å². The van der Waals surface area contributed by atoms with Crippen LogP contribution in [0.5, 0.6) is 0 Å². The van der Waals surface area contributed by atoms with Crippen LogP contribution in [-0.4, -0.2) is 23.7 Å². The molecule has 5 heteroatoms. The molecule has 2 rings (SSSR count). The maximum atomic E-state index is 11.5. The number of hydrogen-bond acceptors (Lipinski definition) is 2. The molecular formula is C15H16N2O3. The molecule has 1 aliphatic rings. The lowest BCUT2D eigenvalue weighted by Gasteiger charge is -2.11. The molecule has 0 saturated heterocycles. The van der Waals surface area contributed by atoms with Gasteiger partial charge in [0.15, 0.2) is 0 Å². The van der Waals surface area contributed by atoms with Gasteiger partial charge in [-0.1, -0.05) is 18.1 Å². The minimum Gasteiger partial charge on any atom is -0.481 e. The number of hydrogen-bond donors (Lipinski definition) is 3. The Morgan fingerprint density at radius 1 is 1.30 bits per heavy atom. The van der Waals surface area contributed by atoms with Crippen molar-refractivity contribution in [2.75, 3.05) is 11.9 Å². The number of carboxylic acids is 1. The fourth-order valence-corrected chi connectivity index (χ4v) is 2.01. The molecule has 1 aromatic carbocycles. The van der Waals surface area contributed by atoms with Crippen LogP contribution in [0.25, 0.3) is 0 Å². The first-order valence-electron chi connectivity index (χ1n) is 6.37. The predicted octanol–water partition coefficient (Wildman–Crippen LogP) is 1.95. The first-order chi connectivity index (χ1) is 9.58. The average molecular weight is 272 g/mol. The lowest BCUT2D eigenvalue weighted by molar-refractivity contribution is -0.140. The fraction of sp³-hybridized carbons (Fsp3) is 0.333. The van der Waals surface area contributed by atoms with E-state index in [1.165, 1.54) is 0 Å². The number of aliphatic carboxylic acids is 1. The van der Waals surface area contributed by atoms with Gasteiger partial charge < -0.3 is 15.7 Å². The smallest absolute Gasteiger partial charge is 0.319 e. The van der Waals surface area contributed by atoms with Crippen molar-refractivity contribution in [2.45, 2.75) is 25.2 Å². The van der Waals surface area contributed by atoms with Gasteiger partial charge in [0.25, 0.3) is 0 Å². The highest BCUT2D eigenvalue weighted by molar-refractivity contribution is 5.90. The molecule has 2 amide bonds. The molecule has 1 fully saturated rings. The number of urea groups is 1. The Labute approximate surface area is 117 Å². The monoisotopic (exact) mass is 272 g/mol. The summed E-state index contributed by atoms with van der Waals surface area (Å²) in [6.07, 6.45) is 1.34. The van der Waals surface area contributed by atoms with Gasteiger partial charge in [0.05, 0.1) is 12.0 Å². The summed E-state index contributed by atoms with van der Waals surface area (Å²) >= 11 is 0. The Bertz CT molecular complexity index is 577. The molecule has 3 N–H and O–H groups in total. The minimum absolute atomic E-state index is 0.294. The number of benzene rings is 1. The molecule has 0 aromatic heterocycles. The Morgan fingerprint density at radius 2 is 1.95 bits per heavy atom. The molecular weight excluding hydrogens is 256 g/mol. The number of carbonyl (C=O) groups excluding carboxylic acids is 1. The predicted molar refractivity (Wildman–Crippen MR) is 75.5 cm³/mol. The Kier molecular flexibility index (Phi) is 3.94. The molecule has 20 heavy (non-hydrogen) atoms. The van der Waals surface area contributed by atoms with Gasteiger partial charge in [-0.2, -0.15) is 0 Å². The van der Waals surface area contributed by atoms with Gasteiger partial charge >= 0.3 is 12.0 Å². The molecule has 5 nitrogen and oxygen atoms in total. The maximum absolute atomic E-state index is 11.5. The maximum Gasteiger partial charge on any atom is 0.319 e. The molecule has 0 heterocycles. The summed E-state index contributed by atoms with van der Waals surface area (Å²) in [4.78, 5) is 22.7. The summed E-state index contributed by atoms with van der Waals surface area (Å²) in [7, 11) is 0. The summed E-state index contributed by atoms with van der Waals surface area (Å²) in [6.45, 7) is 2.00. The van der Waals surface area contributed by atoms with Crippen molar-refractivity contribution in [2.24, 2.45) is 0 Å². The Morgan fingerprint density at radius 3 is 2.45 bits per heavy atom. The molecule has 1 aliphatic carbocycles. The molecule has 104 valence electrons. The highest BCUT2D eigenvalue weighted by Gasteiger charge is 2.51. The van der Waals surface area contributed by atoms with E-state index in [-0.39, 0.29) is 6.03 Å². The second kappa shape index (κ2) is 5.66. The third-order valence-corrected chi connectivity index (χ3v) is 3.37. The highest BCUT2D eigenvalue weighted by atomic mass is 16.4. The average Bonchev–Trinajstić information content (AvgIpc) is 3.21. The number of rotatable bonds is 4. The normalized spacial score (nSPS) is 14.7. The topological polar surface area (TPSA) is 78.4 Å². The van der Waals surface area contributed by atoms with E-state index < -0.39 is 11.4 Å². The Hall–Kier alpha value is -2.48. The van der Waals surface area contributed by atoms with Crippen LogP contribution in [0, 0.1) is 11.8 Å². The van der Waals surface area contributed by atoms with Crippen molar-refractivity contribution < 1.29 is 14.7 Å². The number of carbonyl (C=O) groups is 2. The van der Waals surface area contributed by atoms with Crippen molar-refractivity contribution >= 4 is 17.7 Å². The van der Waals surface area contributed by atoms with Gasteiger partial charge in [0.2, 0.25) is 0 Å². The van der Waals surface area contributed by atoms with Crippen LogP contribution >= 0.6 is 0 Å². The van der Waals surface area contributed by atoms with E-state index in [2.05, 4.69) is 22.5 Å². The molecule has 0 radical (unpaired) electrons. The van der Waals surface area contributed by atoms with Gasteiger partial charge in [-0.3, -0.25) is 4.79 Å². The van der Waals surface area contributed by atoms with Crippen molar-refractivity contribution in [3.05, 3.63) is 29.8 Å². The molecule has 0 unspecified atom stereocenters. The van der Waals surface area contributed by atoms with E-state index in [1.54, 1.807) is 31.2 Å². The minimum atomic E-state index is -0.783. The van der Waals surface area contributed by atoms with Crippen molar-refractivity contribution in [3.63, 3.8) is 0 Å². The summed E-state index contributed by atoms with van der Waals surface area (Å²) in [5.41, 5.74) is 0.696. The molecule has 0 atom stereocenters. The van der Waals surface area contributed by atoms with Crippen molar-refractivity contribution in [3.8, 4) is 11.8 Å². The molecule has 0 bridgehead atoms. The van der Waals surface area contributed by atoms with Gasteiger partial charge in [0.1, 0.15) is 0 Å². The van der Waals surface area contributed by atoms with Crippen LogP contribution in [0.15, 0.2) is 24.3 Å². The zero-order valence-corrected chi connectivity index (χ0v) is 11.2. The zero-order chi connectivity index (χ0) is 14.6. The van der Waals surface area contributed by atoms with E-state index in [1.807, 2.05) is 0 Å². The van der Waals surface area contributed by atoms with Gasteiger partial charge in [-0.05, 0) is 37.5 Å². The number of anilines is 1. The largest absolute Gasteiger partial charge is 0.481 e. The molecule has 0 spiro atoms. The summed E-state index contributed by atoms with van der Waals surface area (Å²) in [5, 5.41) is 14.5. The van der Waals surface area contributed by atoms with Crippen LogP contribution in [0.1, 0.15) is 25.3 Å². The number of carboxylic acid groups (broad SMARTS) is 1. The van der Waals surface area contributed by atoms with Crippen molar-refractivity contribution in [1.29, 1.82) is 0 Å². The SMILES string of the molecule is CC#CCNC(=O)Nc1ccc(C2(C(=O)O)CC2)cc1. The second-order valence-electron chi connectivity index (χ2n) is 4.70. The third kappa shape index (κ3) is 2.91. The van der Waals surface area contributed by atoms with Gasteiger partial charge in [-0.15, -0.1) is 5.92 Å². The zero-order valence-electron chi connectivity index (χ0n) is 11.2. The second-order valence-corrected chi connectivity index (χ2v) is 4.70. The Balaban J connectivity index is 1.96. The van der Waals surface area contributed by atoms with E-state index in [0.717, 1.165) is 5.56 Å². The molecule has 0 aliphatic heterocycles. The van der Waals surface area contributed by atoms with Crippen LogP contribution in [0.3, 0.4) is 0 Å². The summed E-state index contributed by atoms with van der Waals surface area (Å²) < 4.78 is 0. The third-order valence-electron chi connectivity index (χ3n) is 3.37. The first-order valence-corrected chi connectivity index (χ1v) is 6.37. The van der Waals surface area contributed by atoms with Crippen LogP contribution in [0.4, 0.5) is 10.5 Å². The first kappa shape index (κ1) is 13.9. The number of amides is 2. The summed E-state index contributed by atoms with van der Waals surface area (Å²) in [6, 6.07) is 6.60. The number of nitrogens with one attached hydrogen (secondary N) is 2. The van der Waals surface area contributed by atoms with E-state index in [4.69, 9.17) is 0 Å². The molecule has 1 saturated carbocycles. The molecule has 1 aromatic rings. The van der Waals surface area contributed by atoms with Crippen LogP contribution in [0.2, 0.25) is 0 Å². The fourth-order valence-electron chi connectivity index (χ4n) is 2.01. The highest BCUT2D eigenvalue weighted by Crippen LogP contribution is 2.48. The van der Waals surface area contributed by atoms with Crippen LogP contribution < -0.4 is 10.6 Å². The van der Waals surface area contributed by atoms with E-state index >= 15 is 0 Å². The standard InChI is InChI=1S/C15H16N2O3/c1-2-3-10-16-14(20)17-12-6-4-11(5-7-12)15(8-9-15)13(18)19/h4-7H,8-10H2,1H3,(H,18,19)(H2,16,17,20). The quantitative estimate of drug-likeness (QED) is 0.733. The van der Waals surface area contributed by atoms with Crippen molar-refractivity contribution in [1.82, 2.24) is 5.32 Å².